The Morgan fingerprint density at radius 1 is 1.17 bits per heavy atom. The standard InChI is InChI=1S/C11H7N3O3S/c15-11-13-9(10(14-11)18(16)17)8-5-6-3-1-2-4-7(6)12-8/h1-5,12H,(H,14,15). The number of rotatable bonds is 1. The van der Waals surface area contributed by atoms with E-state index in [4.69, 9.17) is 0 Å². The molecule has 0 radical (unpaired) electrons. The van der Waals surface area contributed by atoms with E-state index < -0.39 is 16.3 Å². The molecule has 7 heteroatoms. The summed E-state index contributed by atoms with van der Waals surface area (Å²) >= 11 is 0. The fraction of sp³-hybridized carbons (Fsp3) is 0. The van der Waals surface area contributed by atoms with Crippen molar-refractivity contribution in [2.75, 3.05) is 0 Å². The molecule has 0 saturated heterocycles. The van der Waals surface area contributed by atoms with E-state index in [-0.39, 0.29) is 10.7 Å². The molecule has 2 heterocycles. The quantitative estimate of drug-likeness (QED) is 0.740. The number of carbonyl (C=O) groups is 1. The topological polar surface area (TPSA) is 91.4 Å². The van der Waals surface area contributed by atoms with Gasteiger partial charge in [0.1, 0.15) is 5.71 Å². The van der Waals surface area contributed by atoms with Gasteiger partial charge in [-0.25, -0.2) is 4.79 Å². The van der Waals surface area contributed by atoms with Crippen LogP contribution < -0.4 is 5.32 Å². The lowest BCUT2D eigenvalue weighted by Gasteiger charge is -1.93. The second kappa shape index (κ2) is 3.81. The maximum atomic E-state index is 11.2. The first-order valence-corrected chi connectivity index (χ1v) is 6.17. The van der Waals surface area contributed by atoms with Gasteiger partial charge in [0.2, 0.25) is 10.3 Å². The highest BCUT2D eigenvalue weighted by Crippen LogP contribution is 2.16. The zero-order valence-corrected chi connectivity index (χ0v) is 9.78. The molecule has 1 aliphatic heterocycles. The van der Waals surface area contributed by atoms with Gasteiger partial charge in [-0.3, -0.25) is 5.32 Å². The van der Waals surface area contributed by atoms with Gasteiger partial charge in [-0.05, 0) is 12.1 Å². The monoisotopic (exact) mass is 261 g/mol. The van der Waals surface area contributed by atoms with Gasteiger partial charge in [0.25, 0.3) is 0 Å². The number of aromatic nitrogens is 1. The van der Waals surface area contributed by atoms with E-state index >= 15 is 0 Å². The number of benzene rings is 1. The third kappa shape index (κ3) is 1.61. The SMILES string of the molecule is O=C1N=C(c2cc3ccccc3[nH]2)C(=S(=O)=O)N1. The molecule has 2 aromatic rings. The van der Waals surface area contributed by atoms with Crippen molar-refractivity contribution in [3.05, 3.63) is 36.0 Å². The van der Waals surface area contributed by atoms with Crippen molar-refractivity contribution in [2.24, 2.45) is 4.99 Å². The second-order valence-corrected chi connectivity index (χ2v) is 4.60. The maximum absolute atomic E-state index is 11.2. The molecule has 90 valence electrons. The molecule has 0 fully saturated rings. The maximum Gasteiger partial charge on any atom is 0.346 e. The third-order valence-corrected chi connectivity index (χ3v) is 3.23. The number of urea groups is 1. The molecule has 0 aliphatic carbocycles. The van der Waals surface area contributed by atoms with Gasteiger partial charge in [0.15, 0.2) is 4.99 Å². The lowest BCUT2D eigenvalue weighted by atomic mass is 10.2. The summed E-state index contributed by atoms with van der Waals surface area (Å²) in [6.07, 6.45) is 0. The van der Waals surface area contributed by atoms with Crippen LogP contribution in [0.1, 0.15) is 5.69 Å². The highest BCUT2D eigenvalue weighted by atomic mass is 32.2. The number of aliphatic imine (C=N–C) groups is 1. The Bertz CT molecular complexity index is 789. The third-order valence-electron chi connectivity index (χ3n) is 2.60. The van der Waals surface area contributed by atoms with Gasteiger partial charge in [0, 0.05) is 10.9 Å². The van der Waals surface area contributed by atoms with Crippen molar-refractivity contribution < 1.29 is 13.2 Å². The second-order valence-electron chi connectivity index (χ2n) is 3.72. The number of nitrogens with one attached hydrogen (secondary N) is 2. The fourth-order valence-electron chi connectivity index (χ4n) is 1.84. The van der Waals surface area contributed by atoms with Gasteiger partial charge in [-0.1, -0.05) is 18.2 Å². The van der Waals surface area contributed by atoms with E-state index in [2.05, 4.69) is 15.3 Å². The average molecular weight is 261 g/mol. The molecule has 2 amide bonds. The number of aromatic amines is 1. The van der Waals surface area contributed by atoms with Crippen LogP contribution in [0.15, 0.2) is 35.3 Å². The minimum Gasteiger partial charge on any atom is -0.353 e. The first-order chi connectivity index (χ1) is 8.65. The first kappa shape index (κ1) is 10.7. The van der Waals surface area contributed by atoms with Crippen LogP contribution in [0.4, 0.5) is 4.79 Å². The Labute approximate surface area is 103 Å². The fourth-order valence-corrected chi connectivity index (χ4v) is 2.32. The molecule has 18 heavy (non-hydrogen) atoms. The normalized spacial score (nSPS) is 14.8. The van der Waals surface area contributed by atoms with E-state index in [0.29, 0.717) is 5.69 Å². The van der Waals surface area contributed by atoms with Crippen molar-refractivity contribution in [3.63, 3.8) is 0 Å². The Hall–Kier alpha value is -2.41. The summed E-state index contributed by atoms with van der Waals surface area (Å²) in [6, 6.07) is 8.55. The van der Waals surface area contributed by atoms with Gasteiger partial charge in [-0.2, -0.15) is 13.4 Å². The lowest BCUT2D eigenvalue weighted by molar-refractivity contribution is 0.254. The zero-order chi connectivity index (χ0) is 12.7. The van der Waals surface area contributed by atoms with E-state index in [9.17, 15) is 13.2 Å². The van der Waals surface area contributed by atoms with Crippen LogP contribution in [-0.4, -0.2) is 30.1 Å². The molecule has 6 nitrogen and oxygen atoms in total. The Balaban J connectivity index is 2.23. The summed E-state index contributed by atoms with van der Waals surface area (Å²) < 4.78 is 22.0. The molecule has 0 spiro atoms. The molecule has 1 aromatic heterocycles. The molecular formula is C11H7N3O3S. The Morgan fingerprint density at radius 3 is 2.67 bits per heavy atom. The smallest absolute Gasteiger partial charge is 0.346 e. The molecule has 0 saturated carbocycles. The van der Waals surface area contributed by atoms with Gasteiger partial charge < -0.3 is 4.98 Å². The summed E-state index contributed by atoms with van der Waals surface area (Å²) in [5.74, 6) is 0. The van der Waals surface area contributed by atoms with Gasteiger partial charge >= 0.3 is 6.03 Å². The number of H-pyrrole nitrogens is 1. The van der Waals surface area contributed by atoms with Crippen molar-refractivity contribution in [1.82, 2.24) is 10.3 Å². The molecule has 1 aliphatic rings. The molecular weight excluding hydrogens is 254 g/mol. The van der Waals surface area contributed by atoms with Crippen LogP contribution >= 0.6 is 0 Å². The van der Waals surface area contributed by atoms with E-state index in [1.165, 1.54) is 0 Å². The number of fused-ring (bicyclic) bond motifs is 1. The number of carbonyl (C=O) groups excluding carboxylic acids is 1. The number of hydrogen-bond acceptors (Lipinski definition) is 3. The van der Waals surface area contributed by atoms with Gasteiger partial charge in [0.05, 0.1) is 5.69 Å². The predicted molar refractivity (Wildman–Crippen MR) is 67.3 cm³/mol. The lowest BCUT2D eigenvalue weighted by Crippen LogP contribution is -2.27. The largest absolute Gasteiger partial charge is 0.353 e. The number of nitrogens with zero attached hydrogens (tertiary/aromatic N) is 1. The average Bonchev–Trinajstić information content (AvgIpc) is 2.91. The molecule has 0 atom stereocenters. The van der Waals surface area contributed by atoms with Crippen LogP contribution in [0.5, 0.6) is 0 Å². The Kier molecular flexibility index (Phi) is 2.27. The highest BCUT2D eigenvalue weighted by molar-refractivity contribution is 7.75. The van der Waals surface area contributed by atoms with E-state index in [0.717, 1.165) is 10.9 Å². The molecule has 2 N–H and O–H groups in total. The number of hydrogen-bond donors (Lipinski definition) is 2. The van der Waals surface area contributed by atoms with Crippen molar-refractivity contribution in [2.45, 2.75) is 0 Å². The van der Waals surface area contributed by atoms with Crippen LogP contribution in [0.3, 0.4) is 0 Å². The number of amides is 2. The molecule has 3 rings (SSSR count). The van der Waals surface area contributed by atoms with Crippen molar-refractivity contribution in [1.29, 1.82) is 0 Å². The predicted octanol–water partition coefficient (Wildman–Crippen LogP) is 0.689. The highest BCUT2D eigenvalue weighted by Gasteiger charge is 2.25. The summed E-state index contributed by atoms with van der Waals surface area (Å²) in [4.78, 5) is 17.6. The van der Waals surface area contributed by atoms with Crippen LogP contribution in [0.2, 0.25) is 0 Å². The number of para-hydroxylation sites is 1. The van der Waals surface area contributed by atoms with E-state index in [1.54, 1.807) is 6.07 Å². The zero-order valence-electron chi connectivity index (χ0n) is 8.97. The van der Waals surface area contributed by atoms with Gasteiger partial charge in [-0.15, -0.1) is 0 Å². The minimum atomic E-state index is -2.53. The van der Waals surface area contributed by atoms with Crippen molar-refractivity contribution in [3.8, 4) is 0 Å². The van der Waals surface area contributed by atoms with Crippen LogP contribution in [0, 0.1) is 0 Å². The summed E-state index contributed by atoms with van der Waals surface area (Å²) in [5.41, 5.74) is 1.46. The van der Waals surface area contributed by atoms with Crippen molar-refractivity contribution >= 4 is 37.9 Å². The molecule has 0 unspecified atom stereocenters. The summed E-state index contributed by atoms with van der Waals surface area (Å²) in [6.45, 7) is 0. The van der Waals surface area contributed by atoms with E-state index in [1.807, 2.05) is 24.3 Å². The Morgan fingerprint density at radius 2 is 1.94 bits per heavy atom. The molecule has 1 aromatic carbocycles. The molecule has 0 bridgehead atoms. The summed E-state index contributed by atoms with van der Waals surface area (Å²) in [5, 5.41) is 3.11. The van der Waals surface area contributed by atoms with Crippen LogP contribution in [-0.2, 0) is 10.3 Å². The van der Waals surface area contributed by atoms with Crippen LogP contribution in [0.25, 0.3) is 10.9 Å². The first-order valence-electron chi connectivity index (χ1n) is 5.09. The minimum absolute atomic E-state index is 0.115. The summed E-state index contributed by atoms with van der Waals surface area (Å²) in [7, 11) is -2.53.